The zero-order valence-corrected chi connectivity index (χ0v) is 6.89. The van der Waals surface area contributed by atoms with Crippen molar-refractivity contribution in [1.29, 1.82) is 0 Å². The first-order valence-corrected chi connectivity index (χ1v) is 3.90. The summed E-state index contributed by atoms with van der Waals surface area (Å²) in [5.74, 6) is 0. The molecule has 0 unspecified atom stereocenters. The molecule has 1 fully saturated rings. The number of aromatic amines is 1. The van der Waals surface area contributed by atoms with Gasteiger partial charge in [0.25, 0.3) is 5.56 Å². The number of rotatable bonds is 1. The predicted molar refractivity (Wildman–Crippen MR) is 40.8 cm³/mol. The van der Waals surface area contributed by atoms with Gasteiger partial charge in [0.1, 0.15) is 6.10 Å². The van der Waals surface area contributed by atoms with Crippen molar-refractivity contribution in [3.8, 4) is 0 Å². The lowest BCUT2D eigenvalue weighted by molar-refractivity contribution is -0.137. The molecule has 6 heteroatoms. The Bertz CT molecular complexity index is 406. The van der Waals surface area contributed by atoms with Crippen molar-refractivity contribution in [2.24, 2.45) is 0 Å². The second-order valence-electron chi connectivity index (χ2n) is 2.99. The van der Waals surface area contributed by atoms with Crippen molar-refractivity contribution in [2.45, 2.75) is 12.3 Å². The average Bonchev–Trinajstić information content (AvgIpc) is 2.85. The SMILES string of the molecule is O=c1[nH]cc(C(F)(F)F)cc1[C@@H]1CO1. The van der Waals surface area contributed by atoms with Crippen LogP contribution < -0.4 is 5.56 Å². The van der Waals surface area contributed by atoms with Crippen LogP contribution in [0, 0.1) is 0 Å². The van der Waals surface area contributed by atoms with Gasteiger partial charge in [-0.3, -0.25) is 4.79 Å². The second-order valence-corrected chi connectivity index (χ2v) is 2.99. The number of hydrogen-bond acceptors (Lipinski definition) is 2. The smallest absolute Gasteiger partial charge is 0.368 e. The van der Waals surface area contributed by atoms with E-state index in [1.807, 2.05) is 4.98 Å². The lowest BCUT2D eigenvalue weighted by Crippen LogP contribution is -2.16. The molecule has 0 radical (unpaired) electrons. The molecule has 2 heterocycles. The standard InChI is InChI=1S/C8H6F3NO2/c9-8(10,11)4-1-5(6-3-14-6)7(13)12-2-4/h1-2,6H,3H2,(H,12,13)/t6-/m0/s1. The minimum Gasteiger partial charge on any atom is -0.368 e. The second kappa shape index (κ2) is 2.84. The number of H-pyrrole nitrogens is 1. The van der Waals surface area contributed by atoms with Gasteiger partial charge in [0.15, 0.2) is 0 Å². The van der Waals surface area contributed by atoms with Crippen LogP contribution >= 0.6 is 0 Å². The molecule has 1 atom stereocenters. The van der Waals surface area contributed by atoms with Crippen LogP contribution in [0.15, 0.2) is 17.1 Å². The molecule has 1 N–H and O–H groups in total. The Hall–Kier alpha value is -1.30. The normalized spacial score (nSPS) is 20.9. The van der Waals surface area contributed by atoms with Crippen LogP contribution in [0.5, 0.6) is 0 Å². The van der Waals surface area contributed by atoms with Crippen LogP contribution in [0.4, 0.5) is 13.2 Å². The first kappa shape index (κ1) is 9.26. The molecule has 1 aromatic rings. The summed E-state index contributed by atoms with van der Waals surface area (Å²) in [6, 6.07) is 0.830. The van der Waals surface area contributed by atoms with E-state index in [9.17, 15) is 18.0 Å². The third kappa shape index (κ3) is 1.65. The highest BCUT2D eigenvalue weighted by Crippen LogP contribution is 2.32. The fourth-order valence-corrected chi connectivity index (χ4v) is 1.13. The van der Waals surface area contributed by atoms with Crippen molar-refractivity contribution in [2.75, 3.05) is 6.61 Å². The van der Waals surface area contributed by atoms with Gasteiger partial charge in [0.05, 0.1) is 12.2 Å². The van der Waals surface area contributed by atoms with Crippen molar-refractivity contribution >= 4 is 0 Å². The van der Waals surface area contributed by atoms with E-state index in [1.54, 1.807) is 0 Å². The third-order valence-electron chi connectivity index (χ3n) is 1.94. The van der Waals surface area contributed by atoms with Gasteiger partial charge in [-0.25, -0.2) is 0 Å². The maximum atomic E-state index is 12.2. The van der Waals surface area contributed by atoms with E-state index in [0.717, 1.165) is 6.07 Å². The van der Waals surface area contributed by atoms with Gasteiger partial charge < -0.3 is 9.72 Å². The molecule has 3 nitrogen and oxygen atoms in total. The summed E-state index contributed by atoms with van der Waals surface area (Å²) in [4.78, 5) is 13.1. The van der Waals surface area contributed by atoms with Crippen molar-refractivity contribution in [3.63, 3.8) is 0 Å². The predicted octanol–water partition coefficient (Wildman–Crippen LogP) is 1.47. The maximum Gasteiger partial charge on any atom is 0.417 e. The molecule has 76 valence electrons. The number of ether oxygens (including phenoxy) is 1. The number of aromatic nitrogens is 1. The monoisotopic (exact) mass is 205 g/mol. The largest absolute Gasteiger partial charge is 0.417 e. The Balaban J connectivity index is 2.45. The number of alkyl halides is 3. The van der Waals surface area contributed by atoms with E-state index in [1.165, 1.54) is 0 Å². The molecular weight excluding hydrogens is 199 g/mol. The number of pyridine rings is 1. The topological polar surface area (TPSA) is 45.4 Å². The summed E-state index contributed by atoms with van der Waals surface area (Å²) in [5.41, 5.74) is -1.34. The molecule has 0 aliphatic carbocycles. The van der Waals surface area contributed by atoms with Crippen molar-refractivity contribution in [1.82, 2.24) is 4.98 Å². The molecule has 2 rings (SSSR count). The third-order valence-corrected chi connectivity index (χ3v) is 1.94. The molecule has 14 heavy (non-hydrogen) atoms. The summed E-state index contributed by atoms with van der Waals surface area (Å²) in [6.45, 7) is 0.310. The molecular formula is C8H6F3NO2. The van der Waals surface area contributed by atoms with Gasteiger partial charge >= 0.3 is 6.18 Å². The minimum atomic E-state index is -4.44. The lowest BCUT2D eigenvalue weighted by atomic mass is 10.1. The van der Waals surface area contributed by atoms with E-state index in [-0.39, 0.29) is 5.56 Å². The molecule has 0 amide bonds. The van der Waals surface area contributed by atoms with E-state index < -0.39 is 23.4 Å². The van der Waals surface area contributed by atoms with Gasteiger partial charge in [0.2, 0.25) is 0 Å². The fourth-order valence-electron chi connectivity index (χ4n) is 1.13. The molecule has 0 saturated carbocycles. The number of halogens is 3. The summed E-state index contributed by atoms with van der Waals surface area (Å²) in [6.07, 6.45) is -4.25. The Morgan fingerprint density at radius 3 is 2.64 bits per heavy atom. The van der Waals surface area contributed by atoms with Crippen LogP contribution in [0.2, 0.25) is 0 Å². The lowest BCUT2D eigenvalue weighted by Gasteiger charge is -2.06. The summed E-state index contributed by atoms with van der Waals surface area (Å²) < 4.78 is 41.4. The van der Waals surface area contributed by atoms with Crippen LogP contribution in [0.3, 0.4) is 0 Å². The molecule has 1 aromatic heterocycles. The average molecular weight is 205 g/mol. The van der Waals surface area contributed by atoms with Crippen LogP contribution in [0.1, 0.15) is 17.2 Å². The molecule has 0 spiro atoms. The van der Waals surface area contributed by atoms with Crippen LogP contribution in [-0.2, 0) is 10.9 Å². The van der Waals surface area contributed by atoms with Gasteiger partial charge in [0, 0.05) is 11.8 Å². The zero-order chi connectivity index (χ0) is 10.3. The highest BCUT2D eigenvalue weighted by atomic mass is 19.4. The van der Waals surface area contributed by atoms with Gasteiger partial charge in [-0.1, -0.05) is 0 Å². The summed E-state index contributed by atoms with van der Waals surface area (Å²) in [5, 5.41) is 0. The van der Waals surface area contributed by atoms with Crippen LogP contribution in [-0.4, -0.2) is 11.6 Å². The van der Waals surface area contributed by atoms with Crippen molar-refractivity contribution in [3.05, 3.63) is 33.7 Å². The van der Waals surface area contributed by atoms with E-state index in [2.05, 4.69) is 0 Å². The number of epoxide rings is 1. The summed E-state index contributed by atoms with van der Waals surface area (Å²) in [7, 11) is 0. The van der Waals surface area contributed by atoms with E-state index >= 15 is 0 Å². The van der Waals surface area contributed by atoms with Crippen molar-refractivity contribution < 1.29 is 17.9 Å². The van der Waals surface area contributed by atoms with Gasteiger partial charge in [-0.2, -0.15) is 13.2 Å². The zero-order valence-electron chi connectivity index (χ0n) is 6.89. The molecule has 0 aromatic carbocycles. The number of nitrogens with one attached hydrogen (secondary N) is 1. The van der Waals surface area contributed by atoms with Crippen LogP contribution in [0.25, 0.3) is 0 Å². The summed E-state index contributed by atoms with van der Waals surface area (Å²) >= 11 is 0. The Kier molecular flexibility index (Phi) is 1.88. The highest BCUT2D eigenvalue weighted by molar-refractivity contribution is 5.24. The molecule has 1 saturated heterocycles. The Morgan fingerprint density at radius 1 is 1.50 bits per heavy atom. The fraction of sp³-hybridized carbons (Fsp3) is 0.375. The van der Waals surface area contributed by atoms with Gasteiger partial charge in [-0.15, -0.1) is 0 Å². The quantitative estimate of drug-likeness (QED) is 0.705. The van der Waals surface area contributed by atoms with Gasteiger partial charge in [-0.05, 0) is 6.07 Å². The highest BCUT2D eigenvalue weighted by Gasteiger charge is 2.34. The molecule has 0 bridgehead atoms. The minimum absolute atomic E-state index is 0.0415. The molecule has 1 aliphatic heterocycles. The maximum absolute atomic E-state index is 12.2. The first-order valence-electron chi connectivity index (χ1n) is 3.90. The molecule has 1 aliphatic rings. The Labute approximate surface area is 76.5 Å². The Morgan fingerprint density at radius 2 is 2.14 bits per heavy atom. The first-order chi connectivity index (χ1) is 6.48. The van der Waals surface area contributed by atoms with E-state index in [4.69, 9.17) is 4.74 Å². The number of hydrogen-bond donors (Lipinski definition) is 1. The van der Waals surface area contributed by atoms with E-state index in [0.29, 0.717) is 12.8 Å².